The second kappa shape index (κ2) is 4.40. The Morgan fingerprint density at radius 2 is 1.94 bits per heavy atom. The number of benzene rings is 1. The Kier molecular flexibility index (Phi) is 2.74. The zero-order chi connectivity index (χ0) is 12.5. The second-order valence-corrected chi connectivity index (χ2v) is 4.23. The number of aromatic nitrogens is 2. The van der Waals surface area contributed by atoms with E-state index in [0.29, 0.717) is 11.5 Å². The highest BCUT2D eigenvalue weighted by Crippen LogP contribution is 2.26. The fourth-order valence-electron chi connectivity index (χ4n) is 1.91. The summed E-state index contributed by atoms with van der Waals surface area (Å²) in [5, 5.41) is 1.07. The van der Waals surface area contributed by atoms with Gasteiger partial charge in [-0.05, 0) is 29.8 Å². The van der Waals surface area contributed by atoms with E-state index in [1.807, 2.05) is 30.3 Å². The highest BCUT2D eigenvalue weighted by Gasteiger charge is 2.17. The monoisotopic (exact) mass is 259 g/mol. The number of hydrogen-bond donors (Lipinski definition) is 1. The van der Waals surface area contributed by atoms with Crippen LogP contribution in [0.3, 0.4) is 0 Å². The second-order valence-electron chi connectivity index (χ2n) is 3.89. The third-order valence-electron chi connectivity index (χ3n) is 2.75. The van der Waals surface area contributed by atoms with Crippen molar-refractivity contribution < 1.29 is 4.42 Å². The molecule has 1 atom stereocenters. The van der Waals surface area contributed by atoms with E-state index in [-0.39, 0.29) is 5.28 Å². The predicted molar refractivity (Wildman–Crippen MR) is 69.3 cm³/mol. The Balaban J connectivity index is 2.22. The molecule has 5 heteroatoms. The third kappa shape index (κ3) is 1.85. The lowest BCUT2D eigenvalue weighted by molar-refractivity contribution is 0.487. The average molecular weight is 260 g/mol. The molecule has 4 nitrogen and oxygen atoms in total. The van der Waals surface area contributed by atoms with E-state index >= 15 is 0 Å². The van der Waals surface area contributed by atoms with Gasteiger partial charge >= 0.3 is 0 Å². The van der Waals surface area contributed by atoms with Crippen molar-refractivity contribution in [1.29, 1.82) is 0 Å². The first-order valence-electron chi connectivity index (χ1n) is 5.47. The molecule has 2 heterocycles. The molecule has 18 heavy (non-hydrogen) atoms. The quantitative estimate of drug-likeness (QED) is 0.719. The molecule has 3 aromatic rings. The smallest absolute Gasteiger partial charge is 0.223 e. The number of para-hydroxylation sites is 1. The van der Waals surface area contributed by atoms with Crippen LogP contribution in [-0.4, -0.2) is 9.97 Å². The van der Waals surface area contributed by atoms with Crippen LogP contribution in [0.4, 0.5) is 0 Å². The molecule has 0 fully saturated rings. The Morgan fingerprint density at radius 3 is 2.72 bits per heavy atom. The summed E-state index contributed by atoms with van der Waals surface area (Å²) < 4.78 is 5.31. The lowest BCUT2D eigenvalue weighted by Gasteiger charge is -2.11. The number of halogens is 1. The first-order chi connectivity index (χ1) is 8.75. The summed E-state index contributed by atoms with van der Waals surface area (Å²) in [6.07, 6.45) is 1.58. The standard InChI is InChI=1S/C13H10ClN3O/c14-13-16-9-5-2-1-4-8(9)12(17-13)11(15)10-6-3-7-18-10/h1-7,11H,15H2. The molecule has 0 saturated carbocycles. The van der Waals surface area contributed by atoms with Gasteiger partial charge in [0.25, 0.3) is 0 Å². The summed E-state index contributed by atoms with van der Waals surface area (Å²) in [4.78, 5) is 8.39. The number of nitrogens with zero attached hydrogens (tertiary/aromatic N) is 2. The maximum Gasteiger partial charge on any atom is 0.223 e. The lowest BCUT2D eigenvalue weighted by atomic mass is 10.1. The van der Waals surface area contributed by atoms with Crippen molar-refractivity contribution >= 4 is 22.5 Å². The molecule has 0 aliphatic carbocycles. The minimum absolute atomic E-state index is 0.186. The first-order valence-corrected chi connectivity index (χ1v) is 5.84. The van der Waals surface area contributed by atoms with Crippen molar-refractivity contribution in [2.24, 2.45) is 5.73 Å². The Bertz CT molecular complexity index is 682. The van der Waals surface area contributed by atoms with Gasteiger partial charge in [-0.1, -0.05) is 18.2 Å². The average Bonchev–Trinajstić information content (AvgIpc) is 2.90. The first kappa shape index (κ1) is 11.2. The van der Waals surface area contributed by atoms with Crippen LogP contribution in [0, 0.1) is 0 Å². The Hall–Kier alpha value is -1.91. The molecule has 0 amide bonds. The van der Waals surface area contributed by atoms with Gasteiger partial charge in [-0.3, -0.25) is 0 Å². The molecule has 0 bridgehead atoms. The SMILES string of the molecule is NC(c1ccco1)c1nc(Cl)nc2ccccc12. The van der Waals surface area contributed by atoms with Crippen LogP contribution in [0.5, 0.6) is 0 Å². The van der Waals surface area contributed by atoms with Crippen LogP contribution in [0.25, 0.3) is 10.9 Å². The van der Waals surface area contributed by atoms with E-state index in [2.05, 4.69) is 9.97 Å². The van der Waals surface area contributed by atoms with E-state index in [1.54, 1.807) is 12.3 Å². The Morgan fingerprint density at radius 1 is 1.11 bits per heavy atom. The minimum atomic E-state index is -0.453. The number of fused-ring (bicyclic) bond motifs is 1. The van der Waals surface area contributed by atoms with Crippen molar-refractivity contribution in [2.45, 2.75) is 6.04 Å². The maximum atomic E-state index is 6.15. The van der Waals surface area contributed by atoms with Gasteiger partial charge in [0.1, 0.15) is 11.8 Å². The molecular weight excluding hydrogens is 250 g/mol. The third-order valence-corrected chi connectivity index (χ3v) is 2.92. The molecule has 1 aromatic carbocycles. The number of hydrogen-bond acceptors (Lipinski definition) is 4. The van der Waals surface area contributed by atoms with Crippen molar-refractivity contribution in [2.75, 3.05) is 0 Å². The van der Waals surface area contributed by atoms with Crippen molar-refractivity contribution in [3.63, 3.8) is 0 Å². The maximum absolute atomic E-state index is 6.15. The summed E-state index contributed by atoms with van der Waals surface area (Å²) in [5.74, 6) is 0.648. The highest BCUT2D eigenvalue weighted by molar-refractivity contribution is 6.28. The molecule has 0 saturated heterocycles. The largest absolute Gasteiger partial charge is 0.467 e. The van der Waals surface area contributed by atoms with Crippen molar-refractivity contribution in [1.82, 2.24) is 9.97 Å². The topological polar surface area (TPSA) is 64.9 Å². The van der Waals surface area contributed by atoms with E-state index in [4.69, 9.17) is 21.8 Å². The van der Waals surface area contributed by atoms with Crippen LogP contribution in [-0.2, 0) is 0 Å². The zero-order valence-corrected chi connectivity index (χ0v) is 10.1. The highest BCUT2D eigenvalue weighted by atomic mass is 35.5. The van der Waals surface area contributed by atoms with E-state index in [0.717, 1.165) is 10.9 Å². The summed E-state index contributed by atoms with van der Waals surface area (Å²) in [6.45, 7) is 0. The van der Waals surface area contributed by atoms with E-state index < -0.39 is 6.04 Å². The number of furan rings is 1. The molecule has 0 aliphatic heterocycles. The molecule has 2 aromatic heterocycles. The van der Waals surface area contributed by atoms with Gasteiger partial charge in [0.2, 0.25) is 5.28 Å². The fraction of sp³-hybridized carbons (Fsp3) is 0.0769. The summed E-state index contributed by atoms with van der Waals surface area (Å²) >= 11 is 5.92. The zero-order valence-electron chi connectivity index (χ0n) is 9.38. The predicted octanol–water partition coefficient (Wildman–Crippen LogP) is 2.92. The minimum Gasteiger partial charge on any atom is -0.467 e. The fourth-order valence-corrected chi connectivity index (χ4v) is 2.09. The summed E-state index contributed by atoms with van der Waals surface area (Å²) in [6, 6.07) is 10.8. The van der Waals surface area contributed by atoms with Crippen LogP contribution in [0.1, 0.15) is 17.5 Å². The molecule has 3 rings (SSSR count). The molecular formula is C13H10ClN3O. The van der Waals surface area contributed by atoms with Gasteiger partial charge in [-0.15, -0.1) is 0 Å². The van der Waals surface area contributed by atoms with Crippen LogP contribution in [0.2, 0.25) is 5.28 Å². The van der Waals surface area contributed by atoms with Gasteiger partial charge in [0.15, 0.2) is 0 Å². The molecule has 0 aliphatic rings. The van der Waals surface area contributed by atoms with Gasteiger partial charge in [0.05, 0.1) is 17.5 Å². The molecule has 2 N–H and O–H groups in total. The van der Waals surface area contributed by atoms with Gasteiger partial charge in [0, 0.05) is 5.39 Å². The van der Waals surface area contributed by atoms with Crippen LogP contribution < -0.4 is 5.73 Å². The Labute approximate surface area is 108 Å². The van der Waals surface area contributed by atoms with Gasteiger partial charge in [-0.25, -0.2) is 9.97 Å². The lowest BCUT2D eigenvalue weighted by Crippen LogP contribution is -2.14. The van der Waals surface area contributed by atoms with Gasteiger partial charge < -0.3 is 10.2 Å². The molecule has 90 valence electrons. The molecule has 0 radical (unpaired) electrons. The van der Waals surface area contributed by atoms with Gasteiger partial charge in [-0.2, -0.15) is 0 Å². The van der Waals surface area contributed by atoms with Crippen molar-refractivity contribution in [3.8, 4) is 0 Å². The van der Waals surface area contributed by atoms with Crippen LogP contribution >= 0.6 is 11.6 Å². The number of nitrogens with two attached hydrogens (primary N) is 1. The molecule has 1 unspecified atom stereocenters. The number of rotatable bonds is 2. The van der Waals surface area contributed by atoms with E-state index in [9.17, 15) is 0 Å². The molecule has 0 spiro atoms. The summed E-state index contributed by atoms with van der Waals surface area (Å²) in [7, 11) is 0. The van der Waals surface area contributed by atoms with E-state index in [1.165, 1.54) is 0 Å². The summed E-state index contributed by atoms with van der Waals surface area (Å²) in [5.41, 5.74) is 7.59. The normalized spacial score (nSPS) is 12.8. The van der Waals surface area contributed by atoms with Crippen LogP contribution in [0.15, 0.2) is 47.1 Å². The van der Waals surface area contributed by atoms with Crippen molar-refractivity contribution in [3.05, 3.63) is 59.4 Å².